The monoisotopic (exact) mass is 221 g/mol. The lowest BCUT2D eigenvalue weighted by Crippen LogP contribution is -2.08. The number of rotatable bonds is 2. The second kappa shape index (κ2) is 3.98. The molecule has 0 atom stereocenters. The first kappa shape index (κ1) is 11.6. The highest BCUT2D eigenvalue weighted by molar-refractivity contribution is 5.47. The first-order chi connectivity index (χ1) is 6.90. The zero-order valence-electron chi connectivity index (χ0n) is 7.93. The number of hydrogen-bond donors (Lipinski definition) is 2. The Morgan fingerprint density at radius 2 is 2.00 bits per heavy atom. The Morgan fingerprint density at radius 3 is 2.40 bits per heavy atom. The highest BCUT2D eigenvalue weighted by Gasteiger charge is 2.35. The molecule has 1 aromatic rings. The summed E-state index contributed by atoms with van der Waals surface area (Å²) < 4.78 is 42.0. The molecule has 15 heavy (non-hydrogen) atoms. The highest BCUT2D eigenvalue weighted by Crippen LogP contribution is 2.39. The van der Waals surface area contributed by atoms with E-state index in [1.165, 1.54) is 13.2 Å². The van der Waals surface area contributed by atoms with E-state index in [-0.39, 0.29) is 17.9 Å². The van der Waals surface area contributed by atoms with Crippen LogP contribution in [-0.4, -0.2) is 12.2 Å². The maximum absolute atomic E-state index is 12.4. The lowest BCUT2D eigenvalue weighted by atomic mass is 10.1. The van der Waals surface area contributed by atoms with Gasteiger partial charge in [0.2, 0.25) is 0 Å². The predicted molar refractivity (Wildman–Crippen MR) is 47.6 cm³/mol. The van der Waals surface area contributed by atoms with Crippen LogP contribution in [0.25, 0.3) is 0 Å². The van der Waals surface area contributed by atoms with Crippen LogP contribution in [0.2, 0.25) is 0 Å². The van der Waals surface area contributed by atoms with Crippen molar-refractivity contribution in [2.24, 2.45) is 5.73 Å². The molecule has 0 radical (unpaired) electrons. The van der Waals surface area contributed by atoms with Crippen LogP contribution in [-0.2, 0) is 12.7 Å². The summed E-state index contributed by atoms with van der Waals surface area (Å²) >= 11 is 0. The summed E-state index contributed by atoms with van der Waals surface area (Å²) in [7, 11) is 1.24. The molecule has 0 unspecified atom stereocenters. The molecule has 1 rings (SSSR count). The number of benzene rings is 1. The van der Waals surface area contributed by atoms with Crippen molar-refractivity contribution in [1.82, 2.24) is 0 Å². The van der Waals surface area contributed by atoms with Gasteiger partial charge in [-0.15, -0.1) is 0 Å². The maximum Gasteiger partial charge on any atom is 0.420 e. The smallest absolute Gasteiger partial charge is 0.420 e. The number of aromatic hydroxyl groups is 1. The van der Waals surface area contributed by atoms with E-state index < -0.39 is 17.5 Å². The number of phenols is 1. The minimum atomic E-state index is -4.62. The Bertz CT molecular complexity index is 363. The summed E-state index contributed by atoms with van der Waals surface area (Å²) in [5.41, 5.74) is 4.07. The average Bonchev–Trinajstić information content (AvgIpc) is 2.16. The van der Waals surface area contributed by atoms with E-state index >= 15 is 0 Å². The molecule has 0 aromatic heterocycles. The van der Waals surface area contributed by atoms with Crippen molar-refractivity contribution in [2.45, 2.75) is 12.7 Å². The number of alkyl halides is 3. The van der Waals surface area contributed by atoms with Crippen molar-refractivity contribution in [3.05, 3.63) is 23.3 Å². The van der Waals surface area contributed by atoms with Crippen molar-refractivity contribution in [1.29, 1.82) is 0 Å². The van der Waals surface area contributed by atoms with Crippen molar-refractivity contribution in [3.63, 3.8) is 0 Å². The zero-order valence-corrected chi connectivity index (χ0v) is 7.93. The second-order valence-corrected chi connectivity index (χ2v) is 2.88. The second-order valence-electron chi connectivity index (χ2n) is 2.88. The number of methoxy groups -OCH3 is 1. The van der Waals surface area contributed by atoms with Crippen LogP contribution in [0, 0.1) is 0 Å². The maximum atomic E-state index is 12.4. The Balaban J connectivity index is 3.37. The molecule has 0 aliphatic carbocycles. The summed E-state index contributed by atoms with van der Waals surface area (Å²) in [4.78, 5) is 0. The predicted octanol–water partition coefficient (Wildman–Crippen LogP) is 1.88. The molecule has 0 amide bonds. The van der Waals surface area contributed by atoms with Crippen LogP contribution in [0.15, 0.2) is 12.1 Å². The molecule has 84 valence electrons. The third-order valence-corrected chi connectivity index (χ3v) is 1.92. The zero-order chi connectivity index (χ0) is 11.6. The number of nitrogens with two attached hydrogens (primary N) is 1. The van der Waals surface area contributed by atoms with Gasteiger partial charge in [0.15, 0.2) is 0 Å². The van der Waals surface area contributed by atoms with Gasteiger partial charge in [-0.05, 0) is 12.1 Å². The number of hydrogen-bond acceptors (Lipinski definition) is 3. The summed E-state index contributed by atoms with van der Waals surface area (Å²) in [5, 5.41) is 9.29. The summed E-state index contributed by atoms with van der Waals surface area (Å²) in [6.07, 6.45) is -4.62. The molecular weight excluding hydrogens is 211 g/mol. The van der Waals surface area contributed by atoms with Gasteiger partial charge in [0, 0.05) is 12.1 Å². The molecule has 0 spiro atoms. The van der Waals surface area contributed by atoms with Gasteiger partial charge in [-0.1, -0.05) is 0 Å². The van der Waals surface area contributed by atoms with Crippen molar-refractivity contribution in [3.8, 4) is 11.5 Å². The highest BCUT2D eigenvalue weighted by atomic mass is 19.4. The first-order valence-electron chi connectivity index (χ1n) is 4.07. The fraction of sp³-hybridized carbons (Fsp3) is 0.333. The van der Waals surface area contributed by atoms with Crippen molar-refractivity contribution < 1.29 is 23.0 Å². The van der Waals surface area contributed by atoms with E-state index in [1.807, 2.05) is 0 Å². The van der Waals surface area contributed by atoms with Gasteiger partial charge in [-0.3, -0.25) is 0 Å². The van der Waals surface area contributed by atoms with Gasteiger partial charge in [-0.2, -0.15) is 13.2 Å². The van der Waals surface area contributed by atoms with E-state index in [9.17, 15) is 18.3 Å². The summed E-state index contributed by atoms with van der Waals surface area (Å²) in [6, 6.07) is 2.00. The topological polar surface area (TPSA) is 55.5 Å². The SMILES string of the molecule is COc1cc(CN)c(O)c(C(F)(F)F)c1. The molecule has 0 fully saturated rings. The quantitative estimate of drug-likeness (QED) is 0.801. The number of halogens is 3. The molecule has 0 bridgehead atoms. The fourth-order valence-electron chi connectivity index (χ4n) is 1.15. The molecule has 1 aromatic carbocycles. The van der Waals surface area contributed by atoms with E-state index in [1.54, 1.807) is 0 Å². The van der Waals surface area contributed by atoms with E-state index in [4.69, 9.17) is 5.73 Å². The van der Waals surface area contributed by atoms with Gasteiger partial charge < -0.3 is 15.6 Å². The van der Waals surface area contributed by atoms with Gasteiger partial charge in [0.25, 0.3) is 0 Å². The van der Waals surface area contributed by atoms with Gasteiger partial charge in [0.1, 0.15) is 17.1 Å². The molecule has 3 nitrogen and oxygen atoms in total. The molecule has 6 heteroatoms. The summed E-state index contributed by atoms with van der Waals surface area (Å²) in [5.74, 6) is -0.827. The third-order valence-electron chi connectivity index (χ3n) is 1.92. The van der Waals surface area contributed by atoms with Crippen LogP contribution in [0.3, 0.4) is 0 Å². The molecule has 0 aliphatic rings. The molecule has 0 saturated heterocycles. The Labute approximate surface area is 84.3 Å². The molecule has 0 saturated carbocycles. The minimum absolute atomic E-state index is 0.00155. The Kier molecular flexibility index (Phi) is 3.09. The van der Waals surface area contributed by atoms with Crippen LogP contribution in [0.5, 0.6) is 11.5 Å². The average molecular weight is 221 g/mol. The first-order valence-corrected chi connectivity index (χ1v) is 4.07. The third kappa shape index (κ3) is 2.33. The van der Waals surface area contributed by atoms with Crippen molar-refractivity contribution in [2.75, 3.05) is 7.11 Å². The lowest BCUT2D eigenvalue weighted by Gasteiger charge is -2.13. The number of ether oxygens (including phenoxy) is 1. The van der Waals surface area contributed by atoms with E-state index in [0.717, 1.165) is 6.07 Å². The van der Waals surface area contributed by atoms with Crippen molar-refractivity contribution >= 4 is 0 Å². The normalized spacial score (nSPS) is 11.5. The van der Waals surface area contributed by atoms with Crippen LogP contribution in [0.1, 0.15) is 11.1 Å². The largest absolute Gasteiger partial charge is 0.507 e. The Morgan fingerprint density at radius 1 is 1.40 bits per heavy atom. The van der Waals surface area contributed by atoms with Crippen LogP contribution < -0.4 is 10.5 Å². The van der Waals surface area contributed by atoms with Gasteiger partial charge >= 0.3 is 6.18 Å². The minimum Gasteiger partial charge on any atom is -0.507 e. The van der Waals surface area contributed by atoms with Gasteiger partial charge in [-0.25, -0.2) is 0 Å². The number of phenolic OH excluding ortho intramolecular Hbond substituents is 1. The Hall–Kier alpha value is -1.43. The van der Waals surface area contributed by atoms with Crippen LogP contribution >= 0.6 is 0 Å². The van der Waals surface area contributed by atoms with E-state index in [2.05, 4.69) is 4.74 Å². The molecule has 0 heterocycles. The standard InChI is InChI=1S/C9H10F3NO2/c1-15-6-2-5(4-13)8(14)7(3-6)9(10,11)12/h2-3,14H,4,13H2,1H3. The van der Waals surface area contributed by atoms with Gasteiger partial charge in [0.05, 0.1) is 7.11 Å². The lowest BCUT2D eigenvalue weighted by molar-refractivity contribution is -0.138. The fourth-order valence-corrected chi connectivity index (χ4v) is 1.15. The molecule has 3 N–H and O–H groups in total. The van der Waals surface area contributed by atoms with E-state index in [0.29, 0.717) is 0 Å². The van der Waals surface area contributed by atoms with Crippen LogP contribution in [0.4, 0.5) is 13.2 Å². The summed E-state index contributed by atoms with van der Waals surface area (Å²) in [6.45, 7) is -0.188. The molecular formula is C9H10F3NO2. The molecule has 0 aliphatic heterocycles.